The van der Waals surface area contributed by atoms with Crippen molar-refractivity contribution in [2.24, 2.45) is 0 Å². The Kier molecular flexibility index (Phi) is 4.32. The van der Waals surface area contributed by atoms with Crippen molar-refractivity contribution in [3.63, 3.8) is 0 Å². The zero-order chi connectivity index (χ0) is 15.4. The Balaban J connectivity index is 2.27. The fourth-order valence-electron chi connectivity index (χ4n) is 2.00. The highest BCUT2D eigenvalue weighted by atomic mass is 16.6. The lowest BCUT2D eigenvalue weighted by Crippen LogP contribution is -2.18. The zero-order valence-corrected chi connectivity index (χ0v) is 11.9. The van der Waals surface area contributed by atoms with Crippen LogP contribution < -0.4 is 5.32 Å². The van der Waals surface area contributed by atoms with Crippen LogP contribution in [0.4, 0.5) is 11.4 Å². The van der Waals surface area contributed by atoms with Crippen LogP contribution >= 0.6 is 0 Å². The number of anilines is 1. The van der Waals surface area contributed by atoms with Crippen LogP contribution in [0.1, 0.15) is 29.9 Å². The second-order valence-electron chi connectivity index (χ2n) is 4.46. The summed E-state index contributed by atoms with van der Waals surface area (Å²) < 4.78 is 1.31. The van der Waals surface area contributed by atoms with Crippen molar-refractivity contribution in [1.82, 2.24) is 9.78 Å². The second-order valence-corrected chi connectivity index (χ2v) is 4.46. The summed E-state index contributed by atoms with van der Waals surface area (Å²) in [7, 11) is 0. The number of aromatic nitrogens is 2. The molecule has 110 valence electrons. The molecule has 1 aromatic carbocycles. The molecule has 0 fully saturated rings. The third kappa shape index (κ3) is 3.07. The summed E-state index contributed by atoms with van der Waals surface area (Å²) in [5.41, 5.74) is 1.41. The van der Waals surface area contributed by atoms with Gasteiger partial charge in [0.2, 0.25) is 5.69 Å². The van der Waals surface area contributed by atoms with E-state index >= 15 is 0 Å². The highest BCUT2D eigenvalue weighted by Crippen LogP contribution is 2.20. The third-order valence-electron chi connectivity index (χ3n) is 3.15. The summed E-state index contributed by atoms with van der Waals surface area (Å²) >= 11 is 0. The number of hydrogen-bond acceptors (Lipinski definition) is 4. The maximum absolute atomic E-state index is 12.3. The van der Waals surface area contributed by atoms with Crippen LogP contribution in [0.3, 0.4) is 0 Å². The van der Waals surface area contributed by atoms with Crippen LogP contribution in [-0.4, -0.2) is 20.6 Å². The molecule has 0 aliphatic heterocycles. The topological polar surface area (TPSA) is 90.1 Å². The first-order valence-corrected chi connectivity index (χ1v) is 6.67. The molecule has 1 N–H and O–H groups in total. The minimum atomic E-state index is -0.603. The highest BCUT2D eigenvalue weighted by molar-refractivity contribution is 6.05. The van der Waals surface area contributed by atoms with Gasteiger partial charge in [0.15, 0.2) is 0 Å². The van der Waals surface area contributed by atoms with E-state index in [-0.39, 0.29) is 11.4 Å². The quantitative estimate of drug-likeness (QED) is 0.676. The Hall–Kier alpha value is -2.70. The van der Waals surface area contributed by atoms with Gasteiger partial charge in [-0.05, 0) is 31.0 Å². The Labute approximate surface area is 121 Å². The molecule has 0 atom stereocenters. The molecule has 7 heteroatoms. The number of aryl methyl sites for hydroxylation is 2. The van der Waals surface area contributed by atoms with E-state index in [2.05, 4.69) is 10.4 Å². The lowest BCUT2D eigenvalue weighted by atomic mass is 10.1. The van der Waals surface area contributed by atoms with Crippen molar-refractivity contribution in [1.29, 1.82) is 0 Å². The van der Waals surface area contributed by atoms with E-state index in [0.717, 1.165) is 18.2 Å². The molecule has 0 unspecified atom stereocenters. The molecule has 0 aliphatic carbocycles. The van der Waals surface area contributed by atoms with Gasteiger partial charge >= 0.3 is 5.69 Å². The lowest BCUT2D eigenvalue weighted by molar-refractivity contribution is -0.385. The standard InChI is InChI=1S/C14H16N4O3/c1-3-10-5-7-11(8-6-10)16-14(19)13-12(18(20)21)9-15-17(13)4-2/h5-9H,3-4H2,1-2H3,(H,16,19). The van der Waals surface area contributed by atoms with E-state index in [1.165, 1.54) is 4.68 Å². The predicted octanol–water partition coefficient (Wildman–Crippen LogP) is 2.63. The van der Waals surface area contributed by atoms with E-state index in [9.17, 15) is 14.9 Å². The number of nitrogens with zero attached hydrogens (tertiary/aromatic N) is 3. The molecule has 0 bridgehead atoms. The number of amides is 1. The van der Waals surface area contributed by atoms with Crippen LogP contribution in [0.15, 0.2) is 30.5 Å². The first-order chi connectivity index (χ1) is 10.1. The van der Waals surface area contributed by atoms with Crippen molar-refractivity contribution >= 4 is 17.3 Å². The van der Waals surface area contributed by atoms with E-state index in [4.69, 9.17) is 0 Å². The van der Waals surface area contributed by atoms with E-state index in [1.54, 1.807) is 19.1 Å². The fraction of sp³-hybridized carbons (Fsp3) is 0.286. The molecule has 1 heterocycles. The molecule has 2 aromatic rings. The SMILES string of the molecule is CCc1ccc(NC(=O)c2c([N+](=O)[O-])cnn2CC)cc1. The van der Waals surface area contributed by atoms with Gasteiger partial charge in [0.05, 0.1) is 4.92 Å². The number of carbonyl (C=O) groups is 1. The maximum atomic E-state index is 12.3. The Morgan fingerprint density at radius 1 is 1.33 bits per heavy atom. The molecule has 1 amide bonds. The molecule has 1 aromatic heterocycles. The summed E-state index contributed by atoms with van der Waals surface area (Å²) in [5, 5.41) is 17.5. The van der Waals surface area contributed by atoms with Crippen molar-refractivity contribution in [2.45, 2.75) is 26.8 Å². The number of rotatable bonds is 5. The molecule has 7 nitrogen and oxygen atoms in total. The first-order valence-electron chi connectivity index (χ1n) is 6.67. The van der Waals surface area contributed by atoms with Gasteiger partial charge < -0.3 is 5.32 Å². The molecule has 0 aliphatic rings. The first kappa shape index (κ1) is 14.7. The Morgan fingerprint density at radius 3 is 2.52 bits per heavy atom. The van der Waals surface area contributed by atoms with Gasteiger partial charge in [-0.15, -0.1) is 0 Å². The summed E-state index contributed by atoms with van der Waals surface area (Å²) in [6.07, 6.45) is 2.00. The Bertz CT molecular complexity index is 661. The molecule has 2 rings (SSSR count). The molecule has 0 spiro atoms. The average Bonchev–Trinajstić information content (AvgIpc) is 2.92. The molecule has 21 heavy (non-hydrogen) atoms. The van der Waals surface area contributed by atoms with Gasteiger partial charge in [0.25, 0.3) is 5.91 Å². The summed E-state index contributed by atoms with van der Waals surface area (Å²) in [6, 6.07) is 7.35. The lowest BCUT2D eigenvalue weighted by Gasteiger charge is -2.07. The minimum absolute atomic E-state index is 0.0398. The normalized spacial score (nSPS) is 10.4. The number of hydrogen-bond donors (Lipinski definition) is 1. The van der Waals surface area contributed by atoms with Gasteiger partial charge in [-0.2, -0.15) is 5.10 Å². The fourth-order valence-corrected chi connectivity index (χ4v) is 2.00. The molecule has 0 saturated carbocycles. The molecule has 0 radical (unpaired) electrons. The van der Waals surface area contributed by atoms with Crippen LogP contribution in [0, 0.1) is 10.1 Å². The maximum Gasteiger partial charge on any atom is 0.320 e. The van der Waals surface area contributed by atoms with Crippen LogP contribution in [-0.2, 0) is 13.0 Å². The summed E-state index contributed by atoms with van der Waals surface area (Å²) in [4.78, 5) is 22.6. The summed E-state index contributed by atoms with van der Waals surface area (Å²) in [5.74, 6) is -0.537. The van der Waals surface area contributed by atoms with Crippen LogP contribution in [0.2, 0.25) is 0 Å². The van der Waals surface area contributed by atoms with E-state index in [1.807, 2.05) is 19.1 Å². The number of benzene rings is 1. The van der Waals surface area contributed by atoms with E-state index in [0.29, 0.717) is 12.2 Å². The smallest absolute Gasteiger partial charge is 0.320 e. The minimum Gasteiger partial charge on any atom is -0.320 e. The van der Waals surface area contributed by atoms with Crippen LogP contribution in [0.25, 0.3) is 0 Å². The summed E-state index contributed by atoms with van der Waals surface area (Å²) in [6.45, 7) is 4.19. The van der Waals surface area contributed by atoms with Crippen molar-refractivity contribution < 1.29 is 9.72 Å². The second kappa shape index (κ2) is 6.17. The van der Waals surface area contributed by atoms with Crippen molar-refractivity contribution in [3.8, 4) is 0 Å². The molecular formula is C14H16N4O3. The van der Waals surface area contributed by atoms with Gasteiger partial charge in [-0.25, -0.2) is 0 Å². The van der Waals surface area contributed by atoms with E-state index < -0.39 is 10.8 Å². The number of nitrogens with one attached hydrogen (secondary N) is 1. The van der Waals surface area contributed by atoms with Gasteiger partial charge in [0, 0.05) is 12.2 Å². The third-order valence-corrected chi connectivity index (χ3v) is 3.15. The van der Waals surface area contributed by atoms with Crippen molar-refractivity contribution in [3.05, 3.63) is 51.8 Å². The van der Waals surface area contributed by atoms with Gasteiger partial charge in [0.1, 0.15) is 6.20 Å². The highest BCUT2D eigenvalue weighted by Gasteiger charge is 2.26. The molecule has 0 saturated heterocycles. The zero-order valence-electron chi connectivity index (χ0n) is 11.9. The number of nitro groups is 1. The average molecular weight is 288 g/mol. The Morgan fingerprint density at radius 2 is 2.00 bits per heavy atom. The molecular weight excluding hydrogens is 272 g/mol. The van der Waals surface area contributed by atoms with Crippen molar-refractivity contribution in [2.75, 3.05) is 5.32 Å². The monoisotopic (exact) mass is 288 g/mol. The number of carbonyl (C=O) groups excluding carboxylic acids is 1. The van der Waals surface area contributed by atoms with Gasteiger partial charge in [-0.1, -0.05) is 19.1 Å². The van der Waals surface area contributed by atoms with Gasteiger partial charge in [-0.3, -0.25) is 19.6 Å². The predicted molar refractivity (Wildman–Crippen MR) is 78.3 cm³/mol. The van der Waals surface area contributed by atoms with Crippen LogP contribution in [0.5, 0.6) is 0 Å². The largest absolute Gasteiger partial charge is 0.320 e.